The summed E-state index contributed by atoms with van der Waals surface area (Å²) in [6, 6.07) is 2.85. The molecule has 17 heavy (non-hydrogen) atoms. The molecular formula is C13H17FN2O. The Morgan fingerprint density at radius 1 is 1.47 bits per heavy atom. The minimum absolute atomic E-state index is 0.278. The molecule has 0 fully saturated rings. The van der Waals surface area contributed by atoms with Crippen molar-refractivity contribution in [2.75, 3.05) is 11.9 Å². The molecule has 3 nitrogen and oxygen atoms in total. The number of rotatable bonds is 5. The van der Waals surface area contributed by atoms with E-state index in [-0.39, 0.29) is 6.54 Å². The minimum atomic E-state index is -0.896. The molecule has 0 radical (unpaired) electrons. The zero-order valence-corrected chi connectivity index (χ0v) is 10.0. The lowest BCUT2D eigenvalue weighted by molar-refractivity contribution is 0.0945. The van der Waals surface area contributed by atoms with Crippen molar-refractivity contribution in [3.63, 3.8) is 0 Å². The summed E-state index contributed by atoms with van der Waals surface area (Å²) in [6.45, 7) is 7.09. The standard InChI is InChI=1S/C13H17FN2O/c1-4-9-5-10(7-15)12(6-11(9)14)16-8-13(2,3)17/h4-7,15-17H,1,8H2,2-3H3. The van der Waals surface area contributed by atoms with E-state index < -0.39 is 11.4 Å². The van der Waals surface area contributed by atoms with Crippen molar-refractivity contribution in [1.82, 2.24) is 0 Å². The van der Waals surface area contributed by atoms with Crippen molar-refractivity contribution in [3.05, 3.63) is 35.7 Å². The number of hydrogen-bond acceptors (Lipinski definition) is 3. The lowest BCUT2D eigenvalue weighted by Gasteiger charge is -2.19. The maximum Gasteiger partial charge on any atom is 0.132 e. The van der Waals surface area contributed by atoms with Gasteiger partial charge in [-0.2, -0.15) is 0 Å². The summed E-state index contributed by atoms with van der Waals surface area (Å²) >= 11 is 0. The lowest BCUT2D eigenvalue weighted by Crippen LogP contribution is -2.29. The Kier molecular flexibility index (Phi) is 4.02. The fraction of sp³-hybridized carbons (Fsp3) is 0.308. The molecule has 0 aliphatic heterocycles. The van der Waals surface area contributed by atoms with Crippen molar-refractivity contribution in [3.8, 4) is 0 Å². The summed E-state index contributed by atoms with van der Waals surface area (Å²) in [7, 11) is 0. The summed E-state index contributed by atoms with van der Waals surface area (Å²) in [6.07, 6.45) is 2.54. The number of benzene rings is 1. The molecule has 0 unspecified atom stereocenters. The molecule has 0 atom stereocenters. The van der Waals surface area contributed by atoms with Gasteiger partial charge in [-0.3, -0.25) is 0 Å². The first kappa shape index (κ1) is 13.4. The van der Waals surface area contributed by atoms with Gasteiger partial charge in [0.25, 0.3) is 0 Å². The zero-order valence-electron chi connectivity index (χ0n) is 10.0. The second-order valence-corrected chi connectivity index (χ2v) is 4.48. The van der Waals surface area contributed by atoms with Gasteiger partial charge in [0.05, 0.1) is 5.60 Å². The van der Waals surface area contributed by atoms with E-state index in [1.165, 1.54) is 12.1 Å². The van der Waals surface area contributed by atoms with Gasteiger partial charge in [-0.05, 0) is 26.0 Å². The second kappa shape index (κ2) is 5.10. The summed E-state index contributed by atoms with van der Waals surface area (Å²) in [5.74, 6) is -0.399. The van der Waals surface area contributed by atoms with Crippen LogP contribution >= 0.6 is 0 Å². The maximum atomic E-state index is 13.5. The van der Waals surface area contributed by atoms with E-state index in [0.29, 0.717) is 16.8 Å². The zero-order chi connectivity index (χ0) is 13.1. The molecule has 0 aliphatic rings. The van der Waals surface area contributed by atoms with Gasteiger partial charge >= 0.3 is 0 Å². The van der Waals surface area contributed by atoms with Gasteiger partial charge in [-0.15, -0.1) is 0 Å². The Morgan fingerprint density at radius 3 is 2.59 bits per heavy atom. The van der Waals surface area contributed by atoms with Gasteiger partial charge in [0, 0.05) is 29.6 Å². The van der Waals surface area contributed by atoms with Crippen LogP contribution in [0, 0.1) is 11.2 Å². The van der Waals surface area contributed by atoms with Crippen LogP contribution in [0.1, 0.15) is 25.0 Å². The van der Waals surface area contributed by atoms with Gasteiger partial charge in [0.15, 0.2) is 0 Å². The molecule has 0 aliphatic carbocycles. The molecule has 0 saturated heterocycles. The summed E-state index contributed by atoms with van der Waals surface area (Å²) in [5, 5.41) is 19.8. The van der Waals surface area contributed by atoms with Crippen LogP contribution in [0.2, 0.25) is 0 Å². The predicted molar refractivity (Wildman–Crippen MR) is 69.2 cm³/mol. The average molecular weight is 236 g/mol. The third-order valence-corrected chi connectivity index (χ3v) is 2.26. The number of nitrogens with one attached hydrogen (secondary N) is 2. The number of anilines is 1. The van der Waals surface area contributed by atoms with Crippen LogP contribution in [0.4, 0.5) is 10.1 Å². The van der Waals surface area contributed by atoms with Gasteiger partial charge in [-0.25, -0.2) is 4.39 Å². The highest BCUT2D eigenvalue weighted by Gasteiger charge is 2.13. The van der Waals surface area contributed by atoms with E-state index in [1.54, 1.807) is 19.9 Å². The third-order valence-electron chi connectivity index (χ3n) is 2.26. The van der Waals surface area contributed by atoms with E-state index in [0.717, 1.165) is 6.21 Å². The van der Waals surface area contributed by atoms with Gasteiger partial charge in [-0.1, -0.05) is 12.7 Å². The van der Waals surface area contributed by atoms with Crippen molar-refractivity contribution >= 4 is 18.0 Å². The predicted octanol–water partition coefficient (Wildman–Crippen LogP) is 2.65. The molecule has 0 amide bonds. The third kappa shape index (κ3) is 3.67. The first-order valence-electron chi connectivity index (χ1n) is 5.30. The largest absolute Gasteiger partial charge is 0.389 e. The topological polar surface area (TPSA) is 56.1 Å². The van der Waals surface area contributed by atoms with E-state index in [9.17, 15) is 9.50 Å². The Balaban J connectivity index is 3.03. The smallest absolute Gasteiger partial charge is 0.132 e. The van der Waals surface area contributed by atoms with Gasteiger partial charge in [0.1, 0.15) is 5.82 Å². The van der Waals surface area contributed by atoms with Crippen molar-refractivity contribution in [2.24, 2.45) is 0 Å². The quantitative estimate of drug-likeness (QED) is 0.688. The fourth-order valence-corrected chi connectivity index (χ4v) is 1.35. The summed E-state index contributed by atoms with van der Waals surface area (Å²) < 4.78 is 13.5. The molecule has 1 rings (SSSR count). The SMILES string of the molecule is C=Cc1cc(C=N)c(NCC(C)(C)O)cc1F. The van der Waals surface area contributed by atoms with Crippen LogP contribution < -0.4 is 5.32 Å². The first-order chi connectivity index (χ1) is 7.87. The average Bonchev–Trinajstić information content (AvgIpc) is 2.25. The minimum Gasteiger partial charge on any atom is -0.389 e. The number of halogens is 1. The normalized spacial score (nSPS) is 11.1. The Morgan fingerprint density at radius 2 is 2.12 bits per heavy atom. The van der Waals surface area contributed by atoms with Crippen molar-refractivity contribution in [2.45, 2.75) is 19.4 Å². The molecule has 0 bridgehead atoms. The van der Waals surface area contributed by atoms with E-state index >= 15 is 0 Å². The van der Waals surface area contributed by atoms with Crippen LogP contribution in [-0.4, -0.2) is 23.5 Å². The van der Waals surface area contributed by atoms with Gasteiger partial charge < -0.3 is 15.8 Å². The molecule has 0 saturated carbocycles. The lowest BCUT2D eigenvalue weighted by atomic mass is 10.1. The molecule has 0 spiro atoms. The van der Waals surface area contributed by atoms with Gasteiger partial charge in [0.2, 0.25) is 0 Å². The van der Waals surface area contributed by atoms with Crippen LogP contribution in [0.25, 0.3) is 6.08 Å². The highest BCUT2D eigenvalue weighted by molar-refractivity contribution is 5.87. The molecule has 3 N–H and O–H groups in total. The highest BCUT2D eigenvalue weighted by Crippen LogP contribution is 2.21. The first-order valence-corrected chi connectivity index (χ1v) is 5.30. The maximum absolute atomic E-state index is 13.5. The Labute approximate surface area is 100 Å². The Hall–Kier alpha value is -1.68. The molecule has 1 aromatic rings. The summed E-state index contributed by atoms with van der Waals surface area (Å²) in [4.78, 5) is 0. The summed E-state index contributed by atoms with van der Waals surface area (Å²) in [5.41, 5.74) is 0.514. The van der Waals surface area contributed by atoms with E-state index in [4.69, 9.17) is 5.41 Å². The second-order valence-electron chi connectivity index (χ2n) is 4.48. The van der Waals surface area contributed by atoms with Crippen LogP contribution in [0.3, 0.4) is 0 Å². The molecule has 0 heterocycles. The number of aliphatic hydroxyl groups is 1. The van der Waals surface area contributed by atoms with Crippen LogP contribution in [0.5, 0.6) is 0 Å². The Bertz CT molecular complexity index is 436. The van der Waals surface area contributed by atoms with Crippen molar-refractivity contribution in [1.29, 1.82) is 5.41 Å². The number of hydrogen-bond donors (Lipinski definition) is 3. The molecule has 1 aromatic carbocycles. The van der Waals surface area contributed by atoms with E-state index in [2.05, 4.69) is 11.9 Å². The molecule has 92 valence electrons. The van der Waals surface area contributed by atoms with E-state index in [1.807, 2.05) is 0 Å². The molecule has 0 aromatic heterocycles. The molecular weight excluding hydrogens is 219 g/mol. The fourth-order valence-electron chi connectivity index (χ4n) is 1.35. The van der Waals surface area contributed by atoms with Crippen molar-refractivity contribution < 1.29 is 9.50 Å². The highest BCUT2D eigenvalue weighted by atomic mass is 19.1. The van der Waals surface area contributed by atoms with Crippen LogP contribution in [0.15, 0.2) is 18.7 Å². The molecule has 4 heteroatoms. The van der Waals surface area contributed by atoms with Crippen LogP contribution in [-0.2, 0) is 0 Å². The monoisotopic (exact) mass is 236 g/mol.